The zero-order chi connectivity index (χ0) is 20.6. The Balaban J connectivity index is 1.70. The summed E-state index contributed by atoms with van der Waals surface area (Å²) in [5.41, 5.74) is 1.58. The fourth-order valence-electron chi connectivity index (χ4n) is 4.02. The molecule has 1 unspecified atom stereocenters. The molecule has 1 aliphatic rings. The van der Waals surface area contributed by atoms with Gasteiger partial charge in [-0.25, -0.2) is 13.1 Å². The van der Waals surface area contributed by atoms with Crippen molar-refractivity contribution in [3.05, 3.63) is 65.7 Å². The highest BCUT2D eigenvalue weighted by Gasteiger charge is 2.36. The number of hydrogen-bond acceptors (Lipinski definition) is 5. The summed E-state index contributed by atoms with van der Waals surface area (Å²) in [4.78, 5) is 13.1. The Morgan fingerprint density at radius 2 is 1.66 bits per heavy atom. The van der Waals surface area contributed by atoms with Gasteiger partial charge in [0.2, 0.25) is 5.91 Å². The smallest absolute Gasteiger partial charge is 0.264 e. The molecule has 0 saturated carbocycles. The van der Waals surface area contributed by atoms with E-state index >= 15 is 0 Å². The molecule has 0 fully saturated rings. The van der Waals surface area contributed by atoms with Gasteiger partial charge in [-0.2, -0.15) is 0 Å². The van der Waals surface area contributed by atoms with Gasteiger partial charge in [0.25, 0.3) is 10.0 Å². The van der Waals surface area contributed by atoms with E-state index in [1.807, 2.05) is 18.2 Å². The van der Waals surface area contributed by atoms with E-state index in [4.69, 9.17) is 9.47 Å². The lowest BCUT2D eigenvalue weighted by molar-refractivity contribution is -0.120. The molecule has 0 heterocycles. The average molecular weight is 411 g/mol. The topological polar surface area (TPSA) is 81.7 Å². The highest BCUT2D eigenvalue weighted by atomic mass is 32.2. The van der Waals surface area contributed by atoms with Crippen LogP contribution in [0.5, 0.6) is 11.5 Å². The Kier molecular flexibility index (Phi) is 4.92. The van der Waals surface area contributed by atoms with E-state index in [1.54, 1.807) is 37.4 Å². The summed E-state index contributed by atoms with van der Waals surface area (Å²) in [7, 11) is -0.933. The summed E-state index contributed by atoms with van der Waals surface area (Å²) < 4.78 is 39.1. The predicted octanol–water partition coefficient (Wildman–Crippen LogP) is 3.39. The fourth-order valence-corrected chi connectivity index (χ4v) is 5.27. The lowest BCUT2D eigenvalue weighted by Gasteiger charge is -2.17. The highest BCUT2D eigenvalue weighted by molar-refractivity contribution is 7.90. The monoisotopic (exact) mass is 411 g/mol. The van der Waals surface area contributed by atoms with Gasteiger partial charge in [0.05, 0.1) is 25.0 Å². The number of ether oxygens (including phenoxy) is 2. The molecule has 0 spiro atoms. The average Bonchev–Trinajstić information content (AvgIpc) is 3.18. The van der Waals surface area contributed by atoms with Gasteiger partial charge in [-0.05, 0) is 36.4 Å². The van der Waals surface area contributed by atoms with E-state index in [-0.39, 0.29) is 4.90 Å². The first-order chi connectivity index (χ1) is 14.0. The number of carbonyl (C=O) groups excluding carboxylic acids is 1. The molecule has 4 rings (SSSR count). The van der Waals surface area contributed by atoms with Crippen molar-refractivity contribution >= 4 is 26.7 Å². The van der Waals surface area contributed by atoms with Gasteiger partial charge in [-0.15, -0.1) is 0 Å². The molecular weight excluding hydrogens is 390 g/mol. The molecule has 0 radical (unpaired) electrons. The standard InChI is InChI=1S/C22H21NO5S/c1-27-18-12-13-19(28-2)21-16(18)10-11-17(21)22(24)23-29(25,26)20-9-5-7-14-6-3-4-8-15(14)20/h3-9,12-13,17H,10-11H2,1-2H3,(H,23,24). The Labute approximate surface area is 169 Å². The van der Waals surface area contributed by atoms with Crippen LogP contribution in [0, 0.1) is 0 Å². The van der Waals surface area contributed by atoms with Crippen LogP contribution in [0.2, 0.25) is 0 Å². The van der Waals surface area contributed by atoms with Crippen molar-refractivity contribution in [1.29, 1.82) is 0 Å². The molecule has 0 aromatic heterocycles. The van der Waals surface area contributed by atoms with E-state index in [9.17, 15) is 13.2 Å². The lowest BCUT2D eigenvalue weighted by atomic mass is 9.99. The summed E-state index contributed by atoms with van der Waals surface area (Å²) >= 11 is 0. The first kappa shape index (κ1) is 19.3. The molecule has 3 aromatic carbocycles. The Bertz CT molecular complexity index is 1200. The second kappa shape index (κ2) is 7.40. The molecule has 6 nitrogen and oxygen atoms in total. The van der Waals surface area contributed by atoms with Crippen LogP contribution in [-0.2, 0) is 21.2 Å². The van der Waals surface area contributed by atoms with Crippen molar-refractivity contribution in [2.24, 2.45) is 0 Å². The van der Waals surface area contributed by atoms with Crippen LogP contribution in [0.3, 0.4) is 0 Å². The van der Waals surface area contributed by atoms with Crippen LogP contribution in [-0.4, -0.2) is 28.5 Å². The molecule has 1 aliphatic carbocycles. The van der Waals surface area contributed by atoms with Crippen molar-refractivity contribution in [1.82, 2.24) is 4.72 Å². The third-order valence-electron chi connectivity index (χ3n) is 5.34. The number of hydrogen-bond donors (Lipinski definition) is 1. The molecule has 1 N–H and O–H groups in total. The normalized spacial score (nSPS) is 15.7. The quantitative estimate of drug-likeness (QED) is 0.696. The second-order valence-electron chi connectivity index (χ2n) is 6.90. The van der Waals surface area contributed by atoms with Crippen LogP contribution < -0.4 is 14.2 Å². The predicted molar refractivity (Wildman–Crippen MR) is 110 cm³/mol. The van der Waals surface area contributed by atoms with Crippen LogP contribution in [0.4, 0.5) is 0 Å². The van der Waals surface area contributed by atoms with Crippen LogP contribution in [0.15, 0.2) is 59.5 Å². The fraction of sp³-hybridized carbons (Fsp3) is 0.227. The number of rotatable bonds is 5. The maximum absolute atomic E-state index is 13.0. The summed E-state index contributed by atoms with van der Waals surface area (Å²) in [5, 5.41) is 1.36. The van der Waals surface area contributed by atoms with Crippen molar-refractivity contribution in [2.45, 2.75) is 23.7 Å². The van der Waals surface area contributed by atoms with Gasteiger partial charge in [0, 0.05) is 16.5 Å². The second-order valence-corrected chi connectivity index (χ2v) is 8.55. The number of amides is 1. The van der Waals surface area contributed by atoms with Gasteiger partial charge in [0.1, 0.15) is 11.5 Å². The number of methoxy groups -OCH3 is 2. The van der Waals surface area contributed by atoms with E-state index < -0.39 is 21.8 Å². The molecule has 0 saturated heterocycles. The molecule has 150 valence electrons. The maximum atomic E-state index is 13.0. The first-order valence-corrected chi connectivity index (χ1v) is 10.7. The number of fused-ring (bicyclic) bond motifs is 2. The molecule has 3 aromatic rings. The zero-order valence-electron chi connectivity index (χ0n) is 16.1. The van der Waals surface area contributed by atoms with Crippen LogP contribution in [0.25, 0.3) is 10.8 Å². The number of nitrogens with one attached hydrogen (secondary N) is 1. The molecule has 7 heteroatoms. The Morgan fingerprint density at radius 3 is 2.41 bits per heavy atom. The molecule has 0 bridgehead atoms. The van der Waals surface area contributed by atoms with E-state index in [0.717, 1.165) is 10.9 Å². The van der Waals surface area contributed by atoms with Crippen LogP contribution in [0.1, 0.15) is 23.5 Å². The van der Waals surface area contributed by atoms with Crippen molar-refractivity contribution in [2.75, 3.05) is 14.2 Å². The van der Waals surface area contributed by atoms with E-state index in [1.165, 1.54) is 13.2 Å². The van der Waals surface area contributed by atoms with Gasteiger partial charge in [-0.3, -0.25) is 4.79 Å². The SMILES string of the molecule is COc1ccc(OC)c2c1CCC2C(=O)NS(=O)(=O)c1cccc2ccccc12. The van der Waals surface area contributed by atoms with E-state index in [2.05, 4.69) is 4.72 Å². The number of sulfonamides is 1. The largest absolute Gasteiger partial charge is 0.496 e. The summed E-state index contributed by atoms with van der Waals surface area (Å²) in [6.45, 7) is 0. The first-order valence-electron chi connectivity index (χ1n) is 9.24. The van der Waals surface area contributed by atoms with Crippen LogP contribution >= 0.6 is 0 Å². The minimum absolute atomic E-state index is 0.0831. The van der Waals surface area contributed by atoms with Crippen molar-refractivity contribution in [3.63, 3.8) is 0 Å². The van der Waals surface area contributed by atoms with Crippen molar-refractivity contribution in [3.8, 4) is 11.5 Å². The molecular formula is C22H21NO5S. The third kappa shape index (κ3) is 3.31. The van der Waals surface area contributed by atoms with Gasteiger partial charge in [-0.1, -0.05) is 36.4 Å². The maximum Gasteiger partial charge on any atom is 0.264 e. The highest BCUT2D eigenvalue weighted by Crippen LogP contribution is 2.44. The van der Waals surface area contributed by atoms with Gasteiger partial charge in [0.15, 0.2) is 0 Å². The van der Waals surface area contributed by atoms with Gasteiger partial charge < -0.3 is 9.47 Å². The van der Waals surface area contributed by atoms with E-state index in [0.29, 0.717) is 35.3 Å². The third-order valence-corrected chi connectivity index (χ3v) is 6.74. The number of benzene rings is 3. The molecule has 1 amide bonds. The summed E-state index contributed by atoms with van der Waals surface area (Å²) in [6.07, 6.45) is 1.10. The lowest BCUT2D eigenvalue weighted by Crippen LogP contribution is -2.34. The number of carbonyl (C=O) groups is 1. The molecule has 29 heavy (non-hydrogen) atoms. The zero-order valence-corrected chi connectivity index (χ0v) is 17.0. The molecule has 0 aliphatic heterocycles. The summed E-state index contributed by atoms with van der Waals surface area (Å²) in [6, 6.07) is 15.7. The summed E-state index contributed by atoms with van der Waals surface area (Å²) in [5.74, 6) is 0.0389. The Morgan fingerprint density at radius 1 is 0.966 bits per heavy atom. The Hall–Kier alpha value is -3.06. The minimum Gasteiger partial charge on any atom is -0.496 e. The van der Waals surface area contributed by atoms with Gasteiger partial charge >= 0.3 is 0 Å². The van der Waals surface area contributed by atoms with Crippen molar-refractivity contribution < 1.29 is 22.7 Å². The minimum atomic E-state index is -4.03. The molecule has 1 atom stereocenters.